The van der Waals surface area contributed by atoms with Gasteiger partial charge in [0.25, 0.3) is 5.22 Å². The van der Waals surface area contributed by atoms with E-state index in [1.807, 2.05) is 42.5 Å². The molecule has 0 radical (unpaired) electrons. The van der Waals surface area contributed by atoms with E-state index in [1.54, 1.807) is 20.3 Å². The third-order valence-electron chi connectivity index (χ3n) is 3.86. The number of methoxy groups -OCH3 is 2. The molecule has 0 unspecified atom stereocenters. The maximum Gasteiger partial charge on any atom is 0.277 e. The molecule has 4 rings (SSSR count). The molecule has 0 saturated carbocycles. The number of rotatable bonds is 7. The zero-order valence-electron chi connectivity index (χ0n) is 15.2. The summed E-state index contributed by atoms with van der Waals surface area (Å²) in [5.74, 6) is 3.04. The molecule has 28 heavy (non-hydrogen) atoms. The van der Waals surface area contributed by atoms with Crippen LogP contribution < -0.4 is 9.47 Å². The average Bonchev–Trinajstić information content (AvgIpc) is 3.42. The zero-order chi connectivity index (χ0) is 19.3. The van der Waals surface area contributed by atoms with Gasteiger partial charge in [0, 0.05) is 11.6 Å². The Morgan fingerprint density at radius 1 is 1.00 bits per heavy atom. The second kappa shape index (κ2) is 8.13. The standard InChI is InChI=1S/C19H16N4O4S/c1-24-13-8-9-14(15(10-13)25-2)17-20-16(27-23-17)11-28-19-22-21-18(26-19)12-6-4-3-5-7-12/h3-10H,11H2,1-2H3. The van der Waals surface area contributed by atoms with E-state index in [2.05, 4.69) is 20.3 Å². The van der Waals surface area contributed by atoms with Crippen LogP contribution in [0, 0.1) is 0 Å². The smallest absolute Gasteiger partial charge is 0.277 e. The number of hydrogen-bond donors (Lipinski definition) is 0. The number of thioether (sulfide) groups is 1. The Morgan fingerprint density at radius 3 is 2.64 bits per heavy atom. The monoisotopic (exact) mass is 396 g/mol. The van der Waals surface area contributed by atoms with Crippen LogP contribution in [0.2, 0.25) is 0 Å². The van der Waals surface area contributed by atoms with Crippen molar-refractivity contribution in [3.05, 3.63) is 54.4 Å². The molecule has 4 aromatic rings. The quantitative estimate of drug-likeness (QED) is 0.428. The van der Waals surface area contributed by atoms with E-state index in [4.69, 9.17) is 18.4 Å². The third-order valence-corrected chi connectivity index (χ3v) is 4.67. The van der Waals surface area contributed by atoms with Gasteiger partial charge in [-0.25, -0.2) is 0 Å². The van der Waals surface area contributed by atoms with E-state index in [9.17, 15) is 0 Å². The van der Waals surface area contributed by atoms with Gasteiger partial charge in [0.15, 0.2) is 0 Å². The molecule has 0 fully saturated rings. The van der Waals surface area contributed by atoms with Gasteiger partial charge in [0.1, 0.15) is 11.5 Å². The van der Waals surface area contributed by atoms with Crippen LogP contribution in [-0.4, -0.2) is 34.6 Å². The topological polar surface area (TPSA) is 96.3 Å². The highest BCUT2D eigenvalue weighted by atomic mass is 32.2. The Kier molecular flexibility index (Phi) is 5.24. The highest BCUT2D eigenvalue weighted by molar-refractivity contribution is 7.98. The van der Waals surface area contributed by atoms with Crippen LogP contribution >= 0.6 is 11.8 Å². The molecule has 2 heterocycles. The van der Waals surface area contributed by atoms with Gasteiger partial charge in [0.2, 0.25) is 17.6 Å². The first-order valence-electron chi connectivity index (χ1n) is 8.33. The summed E-state index contributed by atoms with van der Waals surface area (Å²) in [4.78, 5) is 4.42. The van der Waals surface area contributed by atoms with E-state index in [1.165, 1.54) is 11.8 Å². The predicted octanol–water partition coefficient (Wildman–Crippen LogP) is 4.10. The highest BCUT2D eigenvalue weighted by Gasteiger charge is 2.16. The van der Waals surface area contributed by atoms with Crippen LogP contribution in [0.25, 0.3) is 22.8 Å². The van der Waals surface area contributed by atoms with Crippen LogP contribution in [0.5, 0.6) is 11.5 Å². The maximum absolute atomic E-state index is 5.66. The summed E-state index contributed by atoms with van der Waals surface area (Å²) in [6.45, 7) is 0. The van der Waals surface area contributed by atoms with E-state index in [0.29, 0.717) is 45.6 Å². The molecule has 0 aliphatic rings. The Bertz CT molecular complexity index is 1060. The second-order valence-corrected chi connectivity index (χ2v) is 6.53. The van der Waals surface area contributed by atoms with Gasteiger partial charge in [-0.2, -0.15) is 4.98 Å². The predicted molar refractivity (Wildman–Crippen MR) is 102 cm³/mol. The minimum atomic E-state index is 0.405. The Balaban J connectivity index is 1.45. The van der Waals surface area contributed by atoms with Gasteiger partial charge in [-0.15, -0.1) is 10.2 Å². The summed E-state index contributed by atoms with van der Waals surface area (Å²) in [5.41, 5.74) is 1.58. The molecular formula is C19H16N4O4S. The van der Waals surface area contributed by atoms with E-state index >= 15 is 0 Å². The lowest BCUT2D eigenvalue weighted by atomic mass is 10.2. The highest BCUT2D eigenvalue weighted by Crippen LogP contribution is 2.32. The van der Waals surface area contributed by atoms with Gasteiger partial charge < -0.3 is 18.4 Å². The fraction of sp³-hybridized carbons (Fsp3) is 0.158. The van der Waals surface area contributed by atoms with Crippen LogP contribution in [0.4, 0.5) is 0 Å². The largest absolute Gasteiger partial charge is 0.497 e. The molecule has 8 nitrogen and oxygen atoms in total. The number of hydrogen-bond acceptors (Lipinski definition) is 9. The van der Waals surface area contributed by atoms with E-state index in [0.717, 1.165) is 5.56 Å². The lowest BCUT2D eigenvalue weighted by Crippen LogP contribution is -1.91. The summed E-state index contributed by atoms with van der Waals surface area (Å²) in [6.07, 6.45) is 0. The summed E-state index contributed by atoms with van der Waals surface area (Å²) in [5, 5.41) is 12.6. The van der Waals surface area contributed by atoms with Crippen molar-refractivity contribution >= 4 is 11.8 Å². The molecule has 2 aromatic carbocycles. The van der Waals surface area contributed by atoms with Crippen molar-refractivity contribution in [3.8, 4) is 34.3 Å². The fourth-order valence-corrected chi connectivity index (χ4v) is 3.10. The minimum absolute atomic E-state index is 0.405. The van der Waals surface area contributed by atoms with Crippen molar-refractivity contribution in [2.24, 2.45) is 0 Å². The Hall–Kier alpha value is -3.33. The van der Waals surface area contributed by atoms with Gasteiger partial charge in [0.05, 0.1) is 25.5 Å². The van der Waals surface area contributed by atoms with Gasteiger partial charge >= 0.3 is 0 Å². The van der Waals surface area contributed by atoms with Crippen molar-refractivity contribution < 1.29 is 18.4 Å². The lowest BCUT2D eigenvalue weighted by molar-refractivity contribution is 0.387. The molecule has 0 N–H and O–H groups in total. The van der Waals surface area contributed by atoms with Crippen molar-refractivity contribution in [1.82, 2.24) is 20.3 Å². The molecule has 2 aromatic heterocycles. The van der Waals surface area contributed by atoms with Crippen LogP contribution in [0.1, 0.15) is 5.89 Å². The normalized spacial score (nSPS) is 10.8. The third kappa shape index (κ3) is 3.84. The van der Waals surface area contributed by atoms with Crippen LogP contribution in [-0.2, 0) is 5.75 Å². The Morgan fingerprint density at radius 2 is 1.86 bits per heavy atom. The van der Waals surface area contributed by atoms with Crippen LogP contribution in [0.15, 0.2) is 62.7 Å². The molecule has 0 atom stereocenters. The molecule has 142 valence electrons. The fourth-order valence-electron chi connectivity index (χ4n) is 2.50. The molecule has 0 bridgehead atoms. The zero-order valence-corrected chi connectivity index (χ0v) is 16.0. The summed E-state index contributed by atoms with van der Waals surface area (Å²) >= 11 is 1.33. The van der Waals surface area contributed by atoms with E-state index < -0.39 is 0 Å². The van der Waals surface area contributed by atoms with E-state index in [-0.39, 0.29) is 0 Å². The van der Waals surface area contributed by atoms with Crippen molar-refractivity contribution in [1.29, 1.82) is 0 Å². The second-order valence-electron chi connectivity index (χ2n) is 5.61. The number of ether oxygens (including phenoxy) is 2. The number of benzene rings is 2. The molecule has 0 saturated heterocycles. The maximum atomic E-state index is 5.66. The lowest BCUT2D eigenvalue weighted by Gasteiger charge is -2.07. The van der Waals surface area contributed by atoms with Crippen molar-refractivity contribution in [2.75, 3.05) is 14.2 Å². The SMILES string of the molecule is COc1ccc(-c2noc(CSc3nnc(-c4ccccc4)o3)n2)c(OC)c1. The summed E-state index contributed by atoms with van der Waals surface area (Å²) in [7, 11) is 3.17. The molecule has 0 aliphatic heterocycles. The molecule has 9 heteroatoms. The van der Waals surface area contributed by atoms with Gasteiger partial charge in [-0.3, -0.25) is 0 Å². The first-order chi connectivity index (χ1) is 13.8. The average molecular weight is 396 g/mol. The summed E-state index contributed by atoms with van der Waals surface area (Å²) in [6, 6.07) is 15.0. The molecule has 0 amide bonds. The van der Waals surface area contributed by atoms with Crippen molar-refractivity contribution in [3.63, 3.8) is 0 Å². The van der Waals surface area contributed by atoms with Crippen molar-refractivity contribution in [2.45, 2.75) is 11.0 Å². The summed E-state index contributed by atoms with van der Waals surface area (Å²) < 4.78 is 21.6. The van der Waals surface area contributed by atoms with Gasteiger partial charge in [-0.1, -0.05) is 35.1 Å². The first-order valence-corrected chi connectivity index (χ1v) is 9.32. The minimum Gasteiger partial charge on any atom is -0.497 e. The number of nitrogens with zero attached hydrogens (tertiary/aromatic N) is 4. The van der Waals surface area contributed by atoms with Gasteiger partial charge in [-0.05, 0) is 24.3 Å². The molecule has 0 aliphatic carbocycles. The molecule has 0 spiro atoms. The molecular weight excluding hydrogens is 380 g/mol. The first kappa shape index (κ1) is 18.1. The van der Waals surface area contributed by atoms with Crippen LogP contribution in [0.3, 0.4) is 0 Å². The Labute approximate surface area is 164 Å². The number of aromatic nitrogens is 4.